The average molecular weight is 364 g/mol. The normalized spacial score (nSPS) is 9.65. The first-order valence-corrected chi connectivity index (χ1v) is 6.45. The number of nitrogens with zero attached hydrogens (tertiary/aromatic N) is 1. The summed E-state index contributed by atoms with van der Waals surface area (Å²) in [6, 6.07) is 5.46. The molecule has 1 N–H and O–H groups in total. The Morgan fingerprint density at radius 1 is 1.41 bits per heavy atom. The number of hydrogen-bond acceptors (Lipinski definition) is 3. The number of nitrogens with one attached hydrogen (secondary N) is 1. The van der Waals surface area contributed by atoms with Gasteiger partial charge < -0.3 is 4.74 Å². The molecule has 92 valence electrons. The third-order valence-electron chi connectivity index (χ3n) is 1.66. The molecule has 17 heavy (non-hydrogen) atoms. The largest absolute Gasteiger partial charge is 0.483 e. The molecule has 0 aliphatic rings. The monoisotopic (exact) mass is 362 g/mol. The molecule has 0 atom stereocenters. The molecule has 1 aromatic carbocycles. The Hall–Kier alpha value is -0.880. The standard InChI is InChI=1S/C11H12Br2N2O2/c1-7(2)14-15-11(16)6-17-10-4-3-8(12)5-9(10)13/h3-5H,6H2,1-2H3,(H,15,16). The van der Waals surface area contributed by atoms with Crippen molar-refractivity contribution < 1.29 is 9.53 Å². The molecule has 1 aromatic rings. The Labute approximate surface area is 117 Å². The van der Waals surface area contributed by atoms with Crippen LogP contribution in [-0.2, 0) is 4.79 Å². The Morgan fingerprint density at radius 3 is 2.71 bits per heavy atom. The number of carbonyl (C=O) groups excluding carboxylic acids is 1. The maximum Gasteiger partial charge on any atom is 0.277 e. The number of carbonyl (C=O) groups is 1. The molecular weight excluding hydrogens is 352 g/mol. The van der Waals surface area contributed by atoms with Crippen LogP contribution in [0.1, 0.15) is 13.8 Å². The van der Waals surface area contributed by atoms with Crippen molar-refractivity contribution in [1.82, 2.24) is 5.43 Å². The summed E-state index contributed by atoms with van der Waals surface area (Å²) in [4.78, 5) is 11.3. The number of benzene rings is 1. The first-order valence-electron chi connectivity index (χ1n) is 4.86. The predicted molar refractivity (Wildman–Crippen MR) is 74.3 cm³/mol. The average Bonchev–Trinajstić information content (AvgIpc) is 2.25. The van der Waals surface area contributed by atoms with Crippen molar-refractivity contribution in [2.45, 2.75) is 13.8 Å². The van der Waals surface area contributed by atoms with Crippen LogP contribution < -0.4 is 10.2 Å². The van der Waals surface area contributed by atoms with E-state index in [1.54, 1.807) is 19.9 Å². The Kier molecular flexibility index (Phi) is 5.64. The zero-order valence-corrected chi connectivity index (χ0v) is 12.6. The molecule has 1 amide bonds. The van der Waals surface area contributed by atoms with Crippen LogP contribution in [0.5, 0.6) is 5.75 Å². The number of ether oxygens (including phenoxy) is 1. The van der Waals surface area contributed by atoms with Crippen molar-refractivity contribution in [3.05, 3.63) is 27.1 Å². The van der Waals surface area contributed by atoms with Crippen LogP contribution in [0, 0.1) is 0 Å². The summed E-state index contributed by atoms with van der Waals surface area (Å²) in [5, 5.41) is 3.79. The second-order valence-electron chi connectivity index (χ2n) is 3.46. The fourth-order valence-electron chi connectivity index (χ4n) is 0.942. The molecule has 0 aliphatic heterocycles. The highest BCUT2D eigenvalue weighted by Crippen LogP contribution is 2.27. The van der Waals surface area contributed by atoms with Gasteiger partial charge in [0.05, 0.1) is 4.47 Å². The zero-order chi connectivity index (χ0) is 12.8. The zero-order valence-electron chi connectivity index (χ0n) is 9.46. The number of hydrazone groups is 1. The minimum atomic E-state index is -0.291. The van der Waals surface area contributed by atoms with Gasteiger partial charge in [0.15, 0.2) is 6.61 Å². The summed E-state index contributed by atoms with van der Waals surface area (Å²) in [7, 11) is 0. The van der Waals surface area contributed by atoms with Crippen molar-refractivity contribution in [3.8, 4) is 5.75 Å². The maximum absolute atomic E-state index is 11.3. The molecule has 0 aromatic heterocycles. The number of halogens is 2. The number of amides is 1. The van der Waals surface area contributed by atoms with Gasteiger partial charge in [-0.2, -0.15) is 5.10 Å². The van der Waals surface area contributed by atoms with E-state index < -0.39 is 0 Å². The minimum absolute atomic E-state index is 0.0724. The van der Waals surface area contributed by atoms with Gasteiger partial charge in [-0.25, -0.2) is 5.43 Å². The van der Waals surface area contributed by atoms with E-state index in [0.29, 0.717) is 5.75 Å². The number of rotatable bonds is 4. The highest BCUT2D eigenvalue weighted by molar-refractivity contribution is 9.11. The number of hydrogen-bond donors (Lipinski definition) is 1. The molecular formula is C11H12Br2N2O2. The molecule has 0 saturated heterocycles. The van der Waals surface area contributed by atoms with E-state index in [4.69, 9.17) is 4.74 Å². The highest BCUT2D eigenvalue weighted by Gasteiger charge is 2.05. The van der Waals surface area contributed by atoms with Gasteiger partial charge in [0.2, 0.25) is 0 Å². The van der Waals surface area contributed by atoms with Crippen molar-refractivity contribution in [1.29, 1.82) is 0 Å². The minimum Gasteiger partial charge on any atom is -0.483 e. The van der Waals surface area contributed by atoms with Gasteiger partial charge in [0.25, 0.3) is 5.91 Å². The molecule has 0 heterocycles. The van der Waals surface area contributed by atoms with Crippen molar-refractivity contribution in [2.24, 2.45) is 5.10 Å². The summed E-state index contributed by atoms with van der Waals surface area (Å²) in [6.45, 7) is 3.52. The Morgan fingerprint density at radius 2 is 2.12 bits per heavy atom. The van der Waals surface area contributed by atoms with Crippen LogP contribution in [0.2, 0.25) is 0 Å². The molecule has 0 radical (unpaired) electrons. The smallest absolute Gasteiger partial charge is 0.277 e. The van der Waals surface area contributed by atoms with Crippen LogP contribution in [0.3, 0.4) is 0 Å². The SMILES string of the molecule is CC(C)=NNC(=O)COc1ccc(Br)cc1Br. The van der Waals surface area contributed by atoms with Gasteiger partial charge >= 0.3 is 0 Å². The second-order valence-corrected chi connectivity index (χ2v) is 5.23. The van der Waals surface area contributed by atoms with Crippen molar-refractivity contribution in [2.75, 3.05) is 6.61 Å². The van der Waals surface area contributed by atoms with Crippen LogP contribution in [-0.4, -0.2) is 18.2 Å². The molecule has 1 rings (SSSR count). The fraction of sp³-hybridized carbons (Fsp3) is 0.273. The van der Waals surface area contributed by atoms with Gasteiger partial charge in [0.1, 0.15) is 5.75 Å². The third kappa shape index (κ3) is 5.32. The molecule has 0 unspecified atom stereocenters. The lowest BCUT2D eigenvalue weighted by Crippen LogP contribution is -2.25. The van der Waals surface area contributed by atoms with Gasteiger partial charge in [-0.05, 0) is 48.0 Å². The van der Waals surface area contributed by atoms with Gasteiger partial charge in [-0.15, -0.1) is 0 Å². The molecule has 6 heteroatoms. The first kappa shape index (κ1) is 14.2. The summed E-state index contributed by atoms with van der Waals surface area (Å²) in [5.74, 6) is 0.321. The Balaban J connectivity index is 2.50. The van der Waals surface area contributed by atoms with E-state index in [2.05, 4.69) is 42.4 Å². The molecule has 0 saturated carbocycles. The van der Waals surface area contributed by atoms with E-state index in [1.807, 2.05) is 12.1 Å². The lowest BCUT2D eigenvalue weighted by Gasteiger charge is -2.07. The molecule has 4 nitrogen and oxygen atoms in total. The fourth-order valence-corrected chi connectivity index (χ4v) is 2.10. The summed E-state index contributed by atoms with van der Waals surface area (Å²) >= 11 is 6.68. The van der Waals surface area contributed by atoms with E-state index in [0.717, 1.165) is 14.7 Å². The molecule has 0 aliphatic carbocycles. The van der Waals surface area contributed by atoms with Crippen LogP contribution in [0.4, 0.5) is 0 Å². The lowest BCUT2D eigenvalue weighted by atomic mass is 10.3. The first-order chi connectivity index (χ1) is 7.99. The maximum atomic E-state index is 11.3. The lowest BCUT2D eigenvalue weighted by molar-refractivity contribution is -0.123. The molecule has 0 fully saturated rings. The summed E-state index contributed by atoms with van der Waals surface area (Å²) in [6.07, 6.45) is 0. The van der Waals surface area contributed by atoms with E-state index in [-0.39, 0.29) is 12.5 Å². The third-order valence-corrected chi connectivity index (χ3v) is 2.77. The van der Waals surface area contributed by atoms with Crippen molar-refractivity contribution >= 4 is 43.5 Å². The van der Waals surface area contributed by atoms with Gasteiger partial charge in [0, 0.05) is 10.2 Å². The quantitative estimate of drug-likeness (QED) is 0.660. The predicted octanol–water partition coefficient (Wildman–Crippen LogP) is 3.10. The topological polar surface area (TPSA) is 50.7 Å². The van der Waals surface area contributed by atoms with Gasteiger partial charge in [-0.1, -0.05) is 15.9 Å². The van der Waals surface area contributed by atoms with Gasteiger partial charge in [-0.3, -0.25) is 4.79 Å². The second kappa shape index (κ2) is 6.76. The molecule has 0 bridgehead atoms. The summed E-state index contributed by atoms with van der Waals surface area (Å²) in [5.41, 5.74) is 3.16. The van der Waals surface area contributed by atoms with E-state index in [1.165, 1.54) is 0 Å². The highest BCUT2D eigenvalue weighted by atomic mass is 79.9. The Bertz CT molecular complexity index is 443. The van der Waals surface area contributed by atoms with Crippen LogP contribution >= 0.6 is 31.9 Å². The van der Waals surface area contributed by atoms with E-state index >= 15 is 0 Å². The molecule has 0 spiro atoms. The van der Waals surface area contributed by atoms with E-state index in [9.17, 15) is 4.79 Å². The summed E-state index contributed by atoms with van der Waals surface area (Å²) < 4.78 is 7.06. The van der Waals surface area contributed by atoms with Crippen LogP contribution in [0.15, 0.2) is 32.2 Å². The van der Waals surface area contributed by atoms with Crippen molar-refractivity contribution in [3.63, 3.8) is 0 Å². The van der Waals surface area contributed by atoms with Crippen LogP contribution in [0.25, 0.3) is 0 Å².